The van der Waals surface area contributed by atoms with E-state index in [1.54, 1.807) is 0 Å². The smallest absolute Gasteiger partial charge is 0.314 e. The van der Waals surface area contributed by atoms with Crippen molar-refractivity contribution >= 4 is 12.0 Å². The molecule has 0 aliphatic heterocycles. The molecule has 0 atom stereocenters. The first-order valence-electron chi connectivity index (χ1n) is 7.99. The minimum absolute atomic E-state index is 0.206. The van der Waals surface area contributed by atoms with Crippen molar-refractivity contribution in [2.45, 2.75) is 57.5 Å². The number of carbonyl (C=O) groups is 2. The van der Waals surface area contributed by atoms with E-state index in [1.165, 1.54) is 12.8 Å². The molecular weight excluding hydrogens is 272 g/mol. The monoisotopic (exact) mass is 298 g/mol. The van der Waals surface area contributed by atoms with Crippen LogP contribution in [0.4, 0.5) is 4.79 Å². The van der Waals surface area contributed by atoms with Crippen LogP contribution in [0.25, 0.3) is 0 Å². The highest BCUT2D eigenvalue weighted by Gasteiger charge is 2.41. The summed E-state index contributed by atoms with van der Waals surface area (Å²) in [7, 11) is 0. The molecule has 3 N–H and O–H groups in total. The standard InChI is InChI=1S/C15H26N2O4/c18-13(19)15(7-3-4-8-15)11-17-14(20)16-9-10-21-12-5-1-2-6-12/h12H,1-11H2,(H,18,19)(H2,16,17,20). The van der Waals surface area contributed by atoms with E-state index in [2.05, 4.69) is 10.6 Å². The van der Waals surface area contributed by atoms with Crippen LogP contribution in [0.5, 0.6) is 0 Å². The first-order valence-corrected chi connectivity index (χ1v) is 7.99. The zero-order chi connectivity index (χ0) is 15.1. The molecule has 2 aliphatic carbocycles. The predicted molar refractivity (Wildman–Crippen MR) is 78.1 cm³/mol. The molecule has 0 bridgehead atoms. The maximum atomic E-state index is 11.7. The molecule has 6 heteroatoms. The van der Waals surface area contributed by atoms with E-state index >= 15 is 0 Å². The number of carboxylic acid groups (broad SMARTS) is 1. The largest absolute Gasteiger partial charge is 0.481 e. The highest BCUT2D eigenvalue weighted by Crippen LogP contribution is 2.37. The number of carbonyl (C=O) groups excluding carboxylic acids is 1. The number of nitrogens with one attached hydrogen (secondary N) is 2. The molecule has 0 heterocycles. The molecule has 0 aromatic rings. The van der Waals surface area contributed by atoms with Crippen molar-refractivity contribution in [1.82, 2.24) is 10.6 Å². The number of amides is 2. The van der Waals surface area contributed by atoms with Gasteiger partial charge in [0.05, 0.1) is 18.1 Å². The number of carboxylic acids is 1. The van der Waals surface area contributed by atoms with Crippen molar-refractivity contribution in [3.05, 3.63) is 0 Å². The Bertz CT molecular complexity index is 361. The Labute approximate surface area is 125 Å². The minimum Gasteiger partial charge on any atom is -0.481 e. The number of hydrogen-bond donors (Lipinski definition) is 3. The number of hydrogen-bond acceptors (Lipinski definition) is 3. The first kappa shape index (κ1) is 16.1. The van der Waals surface area contributed by atoms with Crippen LogP contribution in [0, 0.1) is 5.41 Å². The van der Waals surface area contributed by atoms with E-state index < -0.39 is 11.4 Å². The van der Waals surface area contributed by atoms with Gasteiger partial charge in [-0.1, -0.05) is 25.7 Å². The van der Waals surface area contributed by atoms with Gasteiger partial charge in [-0.3, -0.25) is 4.79 Å². The van der Waals surface area contributed by atoms with E-state index in [1.807, 2.05) is 0 Å². The molecule has 2 saturated carbocycles. The Morgan fingerprint density at radius 2 is 1.76 bits per heavy atom. The average Bonchev–Trinajstić information content (AvgIpc) is 3.13. The highest BCUT2D eigenvalue weighted by atomic mass is 16.5. The normalized spacial score (nSPS) is 21.3. The number of aliphatic carboxylic acids is 1. The molecule has 2 amide bonds. The lowest BCUT2D eigenvalue weighted by molar-refractivity contribution is -0.148. The van der Waals surface area contributed by atoms with Crippen LogP contribution in [0.3, 0.4) is 0 Å². The lowest BCUT2D eigenvalue weighted by Crippen LogP contribution is -2.45. The van der Waals surface area contributed by atoms with Crippen LogP contribution >= 0.6 is 0 Å². The molecule has 0 aromatic carbocycles. The van der Waals surface area contributed by atoms with Crippen LogP contribution in [0.15, 0.2) is 0 Å². The van der Waals surface area contributed by atoms with Crippen LogP contribution in [-0.4, -0.2) is 42.9 Å². The van der Waals surface area contributed by atoms with Crippen LogP contribution in [-0.2, 0) is 9.53 Å². The molecule has 120 valence electrons. The van der Waals surface area contributed by atoms with E-state index in [0.717, 1.165) is 25.7 Å². The summed E-state index contributed by atoms with van der Waals surface area (Å²) < 4.78 is 5.65. The average molecular weight is 298 g/mol. The molecule has 6 nitrogen and oxygen atoms in total. The lowest BCUT2D eigenvalue weighted by atomic mass is 9.86. The second-order valence-corrected chi connectivity index (χ2v) is 6.18. The fourth-order valence-corrected chi connectivity index (χ4v) is 3.28. The summed E-state index contributed by atoms with van der Waals surface area (Å²) in [6.45, 7) is 1.18. The molecule has 0 radical (unpaired) electrons. The van der Waals surface area contributed by atoms with Crippen molar-refractivity contribution < 1.29 is 19.4 Å². The number of urea groups is 1. The lowest BCUT2D eigenvalue weighted by Gasteiger charge is -2.24. The summed E-state index contributed by atoms with van der Waals surface area (Å²) in [5.41, 5.74) is -0.766. The topological polar surface area (TPSA) is 87.7 Å². The van der Waals surface area contributed by atoms with E-state index in [9.17, 15) is 14.7 Å². The molecular formula is C15H26N2O4. The Morgan fingerprint density at radius 3 is 2.38 bits per heavy atom. The second-order valence-electron chi connectivity index (χ2n) is 6.18. The molecule has 2 aliphatic rings. The van der Waals surface area contributed by atoms with Gasteiger partial charge in [0.2, 0.25) is 0 Å². The van der Waals surface area contributed by atoms with Crippen molar-refractivity contribution in [1.29, 1.82) is 0 Å². The van der Waals surface area contributed by atoms with Gasteiger partial charge in [-0.25, -0.2) is 4.79 Å². The maximum Gasteiger partial charge on any atom is 0.314 e. The van der Waals surface area contributed by atoms with Gasteiger partial charge in [-0.05, 0) is 25.7 Å². The van der Waals surface area contributed by atoms with Gasteiger partial charge in [0, 0.05) is 13.1 Å². The second kappa shape index (κ2) is 7.64. The Hall–Kier alpha value is -1.30. The van der Waals surface area contributed by atoms with Crippen molar-refractivity contribution in [3.63, 3.8) is 0 Å². The van der Waals surface area contributed by atoms with Crippen molar-refractivity contribution in [3.8, 4) is 0 Å². The number of ether oxygens (including phenoxy) is 1. The third-order valence-corrected chi connectivity index (χ3v) is 4.65. The molecule has 2 fully saturated rings. The van der Waals surface area contributed by atoms with Crippen molar-refractivity contribution in [2.24, 2.45) is 5.41 Å². The summed E-state index contributed by atoms with van der Waals surface area (Å²) in [6, 6.07) is -0.308. The van der Waals surface area contributed by atoms with Gasteiger partial charge >= 0.3 is 12.0 Å². The van der Waals surface area contributed by atoms with Gasteiger partial charge in [-0.2, -0.15) is 0 Å². The third kappa shape index (κ3) is 4.59. The van der Waals surface area contributed by atoms with Gasteiger partial charge < -0.3 is 20.5 Å². The minimum atomic E-state index is -0.801. The Kier molecular flexibility index (Phi) is 5.85. The summed E-state index contributed by atoms with van der Waals surface area (Å²) in [6.07, 6.45) is 8.19. The molecule has 21 heavy (non-hydrogen) atoms. The molecule has 2 rings (SSSR count). The molecule has 0 aromatic heterocycles. The highest BCUT2D eigenvalue weighted by molar-refractivity contribution is 5.78. The molecule has 0 unspecified atom stereocenters. The van der Waals surface area contributed by atoms with Gasteiger partial charge in [0.1, 0.15) is 0 Å². The van der Waals surface area contributed by atoms with Crippen molar-refractivity contribution in [2.75, 3.05) is 19.7 Å². The SMILES string of the molecule is O=C(NCCOC1CCCC1)NCC1(C(=O)O)CCCC1. The summed E-state index contributed by atoms with van der Waals surface area (Å²) in [5.74, 6) is -0.801. The zero-order valence-electron chi connectivity index (χ0n) is 12.5. The fraction of sp³-hybridized carbons (Fsp3) is 0.867. The summed E-state index contributed by atoms with van der Waals surface area (Å²) in [4.78, 5) is 23.0. The molecule has 0 spiro atoms. The van der Waals surface area contributed by atoms with E-state index in [-0.39, 0.29) is 12.6 Å². The van der Waals surface area contributed by atoms with Gasteiger partial charge in [-0.15, -0.1) is 0 Å². The maximum absolute atomic E-state index is 11.7. The van der Waals surface area contributed by atoms with Crippen LogP contribution in [0.1, 0.15) is 51.4 Å². The predicted octanol–water partition coefficient (Wildman–Crippen LogP) is 1.89. The van der Waals surface area contributed by atoms with E-state index in [4.69, 9.17) is 4.74 Å². The summed E-state index contributed by atoms with van der Waals surface area (Å²) in [5, 5.41) is 14.7. The summed E-state index contributed by atoms with van der Waals surface area (Å²) >= 11 is 0. The third-order valence-electron chi connectivity index (χ3n) is 4.65. The fourth-order valence-electron chi connectivity index (χ4n) is 3.28. The number of rotatable bonds is 7. The Morgan fingerprint density at radius 1 is 1.10 bits per heavy atom. The first-order chi connectivity index (χ1) is 10.1. The van der Waals surface area contributed by atoms with Gasteiger partial charge in [0.25, 0.3) is 0 Å². The van der Waals surface area contributed by atoms with Crippen LogP contribution in [0.2, 0.25) is 0 Å². The quantitative estimate of drug-likeness (QED) is 0.626. The Balaban J connectivity index is 1.59. The van der Waals surface area contributed by atoms with Gasteiger partial charge in [0.15, 0.2) is 0 Å². The van der Waals surface area contributed by atoms with Crippen LogP contribution < -0.4 is 10.6 Å². The van der Waals surface area contributed by atoms with E-state index in [0.29, 0.717) is 32.1 Å². The zero-order valence-corrected chi connectivity index (χ0v) is 12.5. The molecule has 0 saturated heterocycles.